The molecule has 0 aliphatic rings. The van der Waals surface area contributed by atoms with Crippen LogP contribution in [-0.4, -0.2) is 4.98 Å². The Labute approximate surface area is 77.4 Å². The van der Waals surface area contributed by atoms with Crippen LogP contribution in [0.3, 0.4) is 0 Å². The summed E-state index contributed by atoms with van der Waals surface area (Å²) >= 11 is 0. The molecule has 0 bridgehead atoms. The van der Waals surface area contributed by atoms with Crippen LogP contribution in [-0.2, 0) is 0 Å². The van der Waals surface area contributed by atoms with Gasteiger partial charge in [-0.3, -0.25) is 4.98 Å². The van der Waals surface area contributed by atoms with E-state index in [1.807, 2.05) is 30.3 Å². The molecular formula is C12H8N. The zero-order chi connectivity index (χ0) is 9.10. The van der Waals surface area contributed by atoms with Crippen molar-refractivity contribution < 1.29 is 0 Å². The molecule has 1 heteroatoms. The fourth-order valence-electron chi connectivity index (χ4n) is 1.26. The summed E-state index contributed by atoms with van der Waals surface area (Å²) in [5.74, 6) is 2.48. The summed E-state index contributed by atoms with van der Waals surface area (Å²) in [6, 6.07) is 10.00. The van der Waals surface area contributed by atoms with Crippen LogP contribution in [0.1, 0.15) is 5.56 Å². The molecule has 1 nitrogen and oxygen atoms in total. The second-order valence-electron chi connectivity index (χ2n) is 2.77. The first-order valence-corrected chi connectivity index (χ1v) is 4.04. The highest BCUT2D eigenvalue weighted by atomic mass is 14.6. The molecule has 0 saturated heterocycles. The Hall–Kier alpha value is -1.81. The predicted octanol–water partition coefficient (Wildman–Crippen LogP) is 2.42. The van der Waals surface area contributed by atoms with Crippen LogP contribution in [0.2, 0.25) is 0 Å². The number of pyridine rings is 1. The van der Waals surface area contributed by atoms with E-state index in [0.717, 1.165) is 16.5 Å². The second-order valence-corrected chi connectivity index (χ2v) is 2.77. The minimum Gasteiger partial charge on any atom is -0.256 e. The van der Waals surface area contributed by atoms with E-state index in [9.17, 15) is 0 Å². The third-order valence-corrected chi connectivity index (χ3v) is 1.86. The van der Waals surface area contributed by atoms with Gasteiger partial charge in [0.25, 0.3) is 0 Å². The summed E-state index contributed by atoms with van der Waals surface area (Å²) in [6.45, 7) is 0. The van der Waals surface area contributed by atoms with Crippen LogP contribution in [0.4, 0.5) is 0 Å². The molecule has 0 aliphatic carbocycles. The minimum absolute atomic E-state index is 0.973. The summed E-state index contributed by atoms with van der Waals surface area (Å²) in [5, 5.41) is 1.12. The Bertz CT molecular complexity index is 466. The number of hydrogen-bond acceptors (Lipinski definition) is 1. The first-order valence-electron chi connectivity index (χ1n) is 4.04. The van der Waals surface area contributed by atoms with E-state index in [4.69, 9.17) is 6.42 Å². The molecule has 2 aromatic rings. The molecule has 0 aliphatic heterocycles. The number of nitrogens with zero attached hydrogens (tertiary/aromatic N) is 1. The average Bonchev–Trinajstić information content (AvgIpc) is 2.18. The smallest absolute Gasteiger partial charge is 0.0702 e. The summed E-state index contributed by atoms with van der Waals surface area (Å²) in [5.41, 5.74) is 1.97. The fourth-order valence-corrected chi connectivity index (χ4v) is 1.26. The lowest BCUT2D eigenvalue weighted by Crippen LogP contribution is -1.83. The molecule has 0 unspecified atom stereocenters. The first-order chi connectivity index (χ1) is 6.40. The number of rotatable bonds is 1. The van der Waals surface area contributed by atoms with Crippen LogP contribution < -0.4 is 0 Å². The topological polar surface area (TPSA) is 12.9 Å². The number of benzene rings is 1. The number of fused-ring (bicyclic) bond motifs is 1. The molecule has 2 rings (SSSR count). The normalized spacial score (nSPS) is 9.77. The maximum Gasteiger partial charge on any atom is 0.0702 e. The summed E-state index contributed by atoms with van der Waals surface area (Å²) < 4.78 is 0. The van der Waals surface area contributed by atoms with Gasteiger partial charge in [0, 0.05) is 11.6 Å². The van der Waals surface area contributed by atoms with Crippen molar-refractivity contribution in [1.82, 2.24) is 4.98 Å². The summed E-state index contributed by atoms with van der Waals surface area (Å²) in [6.07, 6.45) is 8.66. The fraction of sp³-hybridized carbons (Fsp3) is 0. The lowest BCUT2D eigenvalue weighted by Gasteiger charge is -1.98. The molecule has 0 spiro atoms. The van der Waals surface area contributed by atoms with Gasteiger partial charge in [-0.25, -0.2) is 0 Å². The van der Waals surface area contributed by atoms with Gasteiger partial charge >= 0.3 is 0 Å². The Kier molecular flexibility index (Phi) is 1.97. The zero-order valence-corrected chi connectivity index (χ0v) is 7.07. The van der Waals surface area contributed by atoms with Crippen LogP contribution in [0.15, 0.2) is 36.5 Å². The molecule has 61 valence electrons. The largest absolute Gasteiger partial charge is 0.256 e. The number of terminal acetylenes is 1. The molecule has 0 N–H and O–H groups in total. The predicted molar refractivity (Wildman–Crippen MR) is 54.0 cm³/mol. The quantitative estimate of drug-likeness (QED) is 0.593. The van der Waals surface area contributed by atoms with Crippen molar-refractivity contribution in [2.45, 2.75) is 0 Å². The zero-order valence-electron chi connectivity index (χ0n) is 7.07. The van der Waals surface area contributed by atoms with Crippen molar-refractivity contribution in [2.24, 2.45) is 0 Å². The maximum atomic E-state index is 5.17. The maximum absolute atomic E-state index is 5.17. The Balaban J connectivity index is 2.57. The highest BCUT2D eigenvalue weighted by Crippen LogP contribution is 2.13. The van der Waals surface area contributed by atoms with Gasteiger partial charge in [0.05, 0.1) is 11.9 Å². The minimum atomic E-state index is 0.973. The third-order valence-electron chi connectivity index (χ3n) is 1.86. The van der Waals surface area contributed by atoms with Crippen LogP contribution in [0.25, 0.3) is 10.9 Å². The van der Waals surface area contributed by atoms with Gasteiger partial charge in [0.2, 0.25) is 0 Å². The molecule has 0 fully saturated rings. The molecule has 13 heavy (non-hydrogen) atoms. The highest BCUT2D eigenvalue weighted by molar-refractivity contribution is 5.79. The van der Waals surface area contributed by atoms with Crippen molar-refractivity contribution in [1.29, 1.82) is 0 Å². The molecule has 1 aromatic carbocycles. The van der Waals surface area contributed by atoms with E-state index in [-0.39, 0.29) is 0 Å². The molecule has 0 amide bonds. The average molecular weight is 166 g/mol. The van der Waals surface area contributed by atoms with Gasteiger partial charge in [-0.05, 0) is 17.7 Å². The van der Waals surface area contributed by atoms with Crippen molar-refractivity contribution in [3.63, 3.8) is 0 Å². The Morgan fingerprint density at radius 1 is 1.31 bits per heavy atom. The standard InChI is InChI=1S/C12H8N/c1-2-5-10-8-11-6-3-4-7-12(11)13-9-10/h1,3-9H. The molecular weight excluding hydrogens is 158 g/mol. The molecule has 0 saturated carbocycles. The van der Waals surface area contributed by atoms with Gasteiger partial charge in [-0.1, -0.05) is 24.1 Å². The number of para-hydroxylation sites is 1. The molecule has 1 aromatic heterocycles. The van der Waals surface area contributed by atoms with Crippen molar-refractivity contribution >= 4 is 10.9 Å². The van der Waals surface area contributed by atoms with Gasteiger partial charge in [0.15, 0.2) is 0 Å². The van der Waals surface area contributed by atoms with E-state index in [2.05, 4.69) is 10.9 Å². The van der Waals surface area contributed by atoms with Gasteiger partial charge in [-0.2, -0.15) is 0 Å². The van der Waals surface area contributed by atoms with E-state index in [1.165, 1.54) is 0 Å². The van der Waals surface area contributed by atoms with Gasteiger partial charge in [-0.15, -0.1) is 6.42 Å². The molecule has 1 radical (unpaired) electrons. The van der Waals surface area contributed by atoms with E-state index >= 15 is 0 Å². The van der Waals surface area contributed by atoms with E-state index < -0.39 is 0 Å². The van der Waals surface area contributed by atoms with Gasteiger partial charge < -0.3 is 0 Å². The van der Waals surface area contributed by atoms with E-state index in [0.29, 0.717) is 0 Å². The number of aromatic nitrogens is 1. The van der Waals surface area contributed by atoms with Crippen molar-refractivity contribution in [3.05, 3.63) is 48.5 Å². The lowest BCUT2D eigenvalue weighted by molar-refractivity contribution is 1.37. The van der Waals surface area contributed by atoms with Gasteiger partial charge in [0.1, 0.15) is 0 Å². The molecule has 1 heterocycles. The Morgan fingerprint density at radius 2 is 2.15 bits per heavy atom. The van der Waals surface area contributed by atoms with Crippen LogP contribution in [0.5, 0.6) is 0 Å². The van der Waals surface area contributed by atoms with Crippen molar-refractivity contribution in [3.8, 4) is 12.3 Å². The van der Waals surface area contributed by atoms with Crippen molar-refractivity contribution in [2.75, 3.05) is 0 Å². The van der Waals surface area contributed by atoms with Crippen LogP contribution >= 0.6 is 0 Å². The lowest BCUT2D eigenvalue weighted by atomic mass is 10.1. The summed E-state index contributed by atoms with van der Waals surface area (Å²) in [7, 11) is 0. The SMILES string of the molecule is C#C[CH]c1cnc2ccccc2c1. The number of hydrogen-bond donors (Lipinski definition) is 0. The van der Waals surface area contributed by atoms with Crippen LogP contribution in [0, 0.1) is 18.8 Å². The monoisotopic (exact) mass is 166 g/mol. The second kappa shape index (κ2) is 3.28. The first kappa shape index (κ1) is 7.82. The molecule has 0 atom stereocenters. The Morgan fingerprint density at radius 3 is 3.00 bits per heavy atom. The van der Waals surface area contributed by atoms with E-state index in [1.54, 1.807) is 12.6 Å². The third kappa shape index (κ3) is 1.52. The summed E-state index contributed by atoms with van der Waals surface area (Å²) in [4.78, 5) is 4.27. The highest BCUT2D eigenvalue weighted by Gasteiger charge is 1.95.